The number of hydrogen-bond acceptors (Lipinski definition) is 6. The van der Waals surface area contributed by atoms with Crippen LogP contribution in [0, 0.1) is 11.8 Å². The molecule has 5 atom stereocenters. The van der Waals surface area contributed by atoms with E-state index in [2.05, 4.69) is 10.6 Å². The molecule has 5 unspecified atom stereocenters. The van der Waals surface area contributed by atoms with Gasteiger partial charge in [-0.2, -0.15) is 4.31 Å². The zero-order valence-electron chi connectivity index (χ0n) is 25.2. The minimum absolute atomic E-state index is 0.00921. The molecule has 0 aromatic heterocycles. The first-order valence-electron chi connectivity index (χ1n) is 14.8. The minimum atomic E-state index is -3.65. The summed E-state index contributed by atoms with van der Waals surface area (Å²) in [4.78, 5) is 42.9. The number of likely N-dealkylation sites (tertiary alicyclic amines) is 1. The largest absolute Gasteiger partial charge is 0.444 e. The lowest BCUT2D eigenvalue weighted by atomic mass is 9.80. The Morgan fingerprint density at radius 2 is 1.66 bits per heavy atom. The highest BCUT2D eigenvalue weighted by Gasteiger charge is 2.64. The maximum atomic E-state index is 14.4. The average molecular weight is 591 g/mol. The van der Waals surface area contributed by atoms with E-state index in [-0.39, 0.29) is 30.3 Å². The molecule has 0 radical (unpaired) electrons. The molecule has 2 saturated heterocycles. The number of carbonyl (C=O) groups excluding carboxylic acids is 3. The number of rotatable bonds is 7. The molecule has 2 heterocycles. The Bertz CT molecular complexity index is 1230. The molecular weight excluding hydrogens is 544 g/mol. The van der Waals surface area contributed by atoms with Crippen LogP contribution in [0.3, 0.4) is 0 Å². The van der Waals surface area contributed by atoms with Crippen molar-refractivity contribution in [3.05, 3.63) is 35.9 Å². The van der Waals surface area contributed by atoms with Crippen LogP contribution in [0.4, 0.5) is 4.79 Å². The lowest BCUT2D eigenvalue weighted by Crippen LogP contribution is -2.62. The Labute approximate surface area is 244 Å². The molecule has 4 rings (SSSR count). The Balaban J connectivity index is 1.65. The second-order valence-electron chi connectivity index (χ2n) is 13.1. The smallest absolute Gasteiger partial charge is 0.408 e. The highest BCUT2D eigenvalue weighted by Crippen LogP contribution is 2.47. The SMILES string of the molecule is CC(NC(=O)C1CN(S(C)(=O)=O)C2CCN(C(=O)C(NC(=O)OC(C)(C)C)C3CCCCC3)C12C)c1ccccc1. The number of hydrogen-bond donors (Lipinski definition) is 2. The van der Waals surface area contributed by atoms with E-state index in [4.69, 9.17) is 4.74 Å². The summed E-state index contributed by atoms with van der Waals surface area (Å²) in [5.74, 6) is -1.43. The summed E-state index contributed by atoms with van der Waals surface area (Å²) in [5, 5.41) is 5.94. The van der Waals surface area contributed by atoms with Gasteiger partial charge in [-0.25, -0.2) is 13.2 Å². The predicted molar refractivity (Wildman–Crippen MR) is 156 cm³/mol. The van der Waals surface area contributed by atoms with E-state index in [0.717, 1.165) is 43.9 Å². The number of nitrogens with zero attached hydrogens (tertiary/aromatic N) is 2. The van der Waals surface area contributed by atoms with Crippen molar-refractivity contribution >= 4 is 27.9 Å². The van der Waals surface area contributed by atoms with E-state index in [0.29, 0.717) is 13.0 Å². The van der Waals surface area contributed by atoms with Gasteiger partial charge in [-0.05, 0) is 65.4 Å². The van der Waals surface area contributed by atoms with E-state index in [9.17, 15) is 22.8 Å². The Hall–Kier alpha value is -2.66. The van der Waals surface area contributed by atoms with E-state index >= 15 is 0 Å². The molecule has 41 heavy (non-hydrogen) atoms. The molecule has 1 saturated carbocycles. The molecule has 3 fully saturated rings. The van der Waals surface area contributed by atoms with Crippen LogP contribution in [0.1, 0.15) is 84.7 Å². The quantitative estimate of drug-likeness (QED) is 0.500. The zero-order valence-corrected chi connectivity index (χ0v) is 26.0. The molecule has 1 aromatic carbocycles. The molecule has 11 heteroatoms. The normalized spacial score (nSPS) is 27.1. The molecule has 1 aliphatic carbocycles. The standard InChI is InChI=1S/C30H46N4O6S/c1-20(21-13-9-7-10-14-21)31-26(35)23-19-34(41(6,38)39)24-17-18-33(30(23,24)5)27(36)25(22-15-11-8-12-16-22)32-28(37)40-29(2,3)4/h7,9-10,13-14,20,22-25H,8,11-12,15-19H2,1-6H3,(H,31,35)(H,32,37). The lowest BCUT2D eigenvalue weighted by molar-refractivity contribution is -0.142. The first-order chi connectivity index (χ1) is 19.1. The fourth-order valence-corrected chi connectivity index (χ4v) is 8.17. The van der Waals surface area contributed by atoms with Crippen molar-refractivity contribution in [2.75, 3.05) is 19.3 Å². The molecule has 228 valence electrons. The van der Waals surface area contributed by atoms with Crippen molar-refractivity contribution in [1.29, 1.82) is 0 Å². The summed E-state index contributed by atoms with van der Waals surface area (Å²) < 4.78 is 32.7. The van der Waals surface area contributed by atoms with Gasteiger partial charge < -0.3 is 20.3 Å². The van der Waals surface area contributed by atoms with Crippen LogP contribution in [-0.2, 0) is 24.3 Å². The average Bonchev–Trinajstić information content (AvgIpc) is 3.39. The van der Waals surface area contributed by atoms with Crippen LogP contribution in [0.15, 0.2) is 30.3 Å². The number of benzene rings is 1. The number of carbonyl (C=O) groups is 3. The van der Waals surface area contributed by atoms with Gasteiger partial charge >= 0.3 is 6.09 Å². The van der Waals surface area contributed by atoms with E-state index in [1.807, 2.05) is 44.2 Å². The maximum absolute atomic E-state index is 14.4. The zero-order chi connectivity index (χ0) is 30.2. The summed E-state index contributed by atoms with van der Waals surface area (Å²) >= 11 is 0. The van der Waals surface area contributed by atoms with Gasteiger partial charge in [-0.1, -0.05) is 49.6 Å². The summed E-state index contributed by atoms with van der Waals surface area (Å²) in [5.41, 5.74) is -0.878. The maximum Gasteiger partial charge on any atom is 0.408 e. The second-order valence-corrected chi connectivity index (χ2v) is 15.0. The Morgan fingerprint density at radius 3 is 2.24 bits per heavy atom. The summed E-state index contributed by atoms with van der Waals surface area (Å²) in [6, 6.07) is 7.89. The molecular formula is C30H46N4O6S. The van der Waals surface area contributed by atoms with Gasteiger partial charge in [-0.15, -0.1) is 0 Å². The number of nitrogens with one attached hydrogen (secondary N) is 2. The molecule has 3 aliphatic rings. The third-order valence-electron chi connectivity index (χ3n) is 9.02. The van der Waals surface area contributed by atoms with Crippen LogP contribution in [-0.4, -0.2) is 78.1 Å². The molecule has 0 spiro atoms. The fourth-order valence-electron chi connectivity index (χ4n) is 6.96. The second kappa shape index (κ2) is 11.9. The highest BCUT2D eigenvalue weighted by molar-refractivity contribution is 7.88. The van der Waals surface area contributed by atoms with Gasteiger partial charge in [0.15, 0.2) is 0 Å². The molecule has 2 N–H and O–H groups in total. The Kier molecular flexibility index (Phi) is 9.09. The number of ether oxygens (including phenoxy) is 1. The van der Waals surface area contributed by atoms with Crippen LogP contribution < -0.4 is 10.6 Å². The lowest BCUT2D eigenvalue weighted by Gasteiger charge is -2.42. The molecule has 10 nitrogen and oxygen atoms in total. The summed E-state index contributed by atoms with van der Waals surface area (Å²) in [6.45, 7) is 9.32. The van der Waals surface area contributed by atoms with Crippen molar-refractivity contribution < 1.29 is 27.5 Å². The first-order valence-corrected chi connectivity index (χ1v) is 16.6. The van der Waals surface area contributed by atoms with Gasteiger partial charge in [-0.3, -0.25) is 9.59 Å². The summed E-state index contributed by atoms with van der Waals surface area (Å²) in [6.07, 6.45) is 5.53. The number of sulfonamides is 1. The fraction of sp³-hybridized carbons (Fsp3) is 0.700. The van der Waals surface area contributed by atoms with Crippen molar-refractivity contribution in [1.82, 2.24) is 19.8 Å². The van der Waals surface area contributed by atoms with Crippen molar-refractivity contribution in [2.24, 2.45) is 11.8 Å². The van der Waals surface area contributed by atoms with E-state index in [1.54, 1.807) is 25.7 Å². The minimum Gasteiger partial charge on any atom is -0.444 e. The Morgan fingerprint density at radius 1 is 1.02 bits per heavy atom. The van der Waals surface area contributed by atoms with Gasteiger partial charge in [0.25, 0.3) is 0 Å². The number of amides is 3. The van der Waals surface area contributed by atoms with Gasteiger partial charge in [0.2, 0.25) is 21.8 Å². The molecule has 1 aromatic rings. The number of fused-ring (bicyclic) bond motifs is 1. The highest BCUT2D eigenvalue weighted by atomic mass is 32.2. The van der Waals surface area contributed by atoms with Crippen LogP contribution >= 0.6 is 0 Å². The number of alkyl carbamates (subject to hydrolysis) is 1. The monoisotopic (exact) mass is 590 g/mol. The van der Waals surface area contributed by atoms with Crippen molar-refractivity contribution in [2.45, 2.75) is 102 Å². The molecule has 2 aliphatic heterocycles. The van der Waals surface area contributed by atoms with Crippen molar-refractivity contribution in [3.8, 4) is 0 Å². The first kappa shape index (κ1) is 31.3. The molecule has 3 amide bonds. The van der Waals surface area contributed by atoms with E-state index in [1.165, 1.54) is 4.31 Å². The predicted octanol–water partition coefficient (Wildman–Crippen LogP) is 3.59. The van der Waals surface area contributed by atoms with Crippen LogP contribution in [0.25, 0.3) is 0 Å². The van der Waals surface area contributed by atoms with Crippen LogP contribution in [0.2, 0.25) is 0 Å². The topological polar surface area (TPSA) is 125 Å². The van der Waals surface area contributed by atoms with Gasteiger partial charge in [0.1, 0.15) is 11.6 Å². The van der Waals surface area contributed by atoms with Crippen LogP contribution in [0.5, 0.6) is 0 Å². The summed E-state index contributed by atoms with van der Waals surface area (Å²) in [7, 11) is -3.65. The third-order valence-corrected chi connectivity index (χ3v) is 10.3. The molecule has 0 bridgehead atoms. The third kappa shape index (κ3) is 6.71. The van der Waals surface area contributed by atoms with Gasteiger partial charge in [0, 0.05) is 13.1 Å². The van der Waals surface area contributed by atoms with Crippen molar-refractivity contribution in [3.63, 3.8) is 0 Å². The van der Waals surface area contributed by atoms with E-state index < -0.39 is 45.3 Å². The van der Waals surface area contributed by atoms with Gasteiger partial charge in [0.05, 0.1) is 29.8 Å².